The van der Waals surface area contributed by atoms with Gasteiger partial charge in [0, 0.05) is 37.2 Å². The van der Waals surface area contributed by atoms with E-state index >= 15 is 0 Å². The van der Waals surface area contributed by atoms with E-state index in [0.29, 0.717) is 32.1 Å². The molecule has 0 amide bonds. The zero-order valence-electron chi connectivity index (χ0n) is 19.6. The Labute approximate surface area is 216 Å². The molecule has 0 N–H and O–H groups in total. The van der Waals surface area contributed by atoms with E-state index in [1.54, 1.807) is 42.6 Å². The molecule has 0 aliphatic rings. The van der Waals surface area contributed by atoms with Gasteiger partial charge in [0.05, 0.1) is 16.6 Å². The lowest BCUT2D eigenvalue weighted by Crippen LogP contribution is -2.27. The van der Waals surface area contributed by atoms with Gasteiger partial charge < -0.3 is 9.94 Å². The number of ether oxygens (including phenoxy) is 1. The van der Waals surface area contributed by atoms with Gasteiger partial charge in [0.2, 0.25) is 5.69 Å². The molecule has 0 atom stereocenters. The first-order valence-corrected chi connectivity index (χ1v) is 12.4. The highest BCUT2D eigenvalue weighted by molar-refractivity contribution is 7.22. The number of fused-ring (bicyclic) bond motifs is 1. The molecule has 8 heteroatoms. The average molecular weight is 513 g/mol. The van der Waals surface area contributed by atoms with Gasteiger partial charge in [-0.15, -0.1) is 11.3 Å². The molecule has 2 aromatic carbocycles. The van der Waals surface area contributed by atoms with E-state index in [4.69, 9.17) is 4.74 Å². The molecule has 5 rings (SSSR count). The van der Waals surface area contributed by atoms with Gasteiger partial charge in [-0.1, -0.05) is 36.4 Å². The number of aromatic nitrogens is 2. The van der Waals surface area contributed by atoms with E-state index in [1.165, 1.54) is 29.7 Å². The van der Waals surface area contributed by atoms with E-state index in [0.717, 1.165) is 10.3 Å². The van der Waals surface area contributed by atoms with Crippen LogP contribution in [0, 0.1) is 11.0 Å². The predicted octanol–water partition coefficient (Wildman–Crippen LogP) is 5.84. The fraction of sp³-hybridized carbons (Fsp3) is 0.103. The maximum absolute atomic E-state index is 14.9. The minimum absolute atomic E-state index is 0.00240. The lowest BCUT2D eigenvalue weighted by Gasteiger charge is -2.09. The van der Waals surface area contributed by atoms with Crippen molar-refractivity contribution in [3.63, 3.8) is 0 Å². The van der Waals surface area contributed by atoms with Crippen LogP contribution in [0.4, 0.5) is 4.39 Å². The van der Waals surface area contributed by atoms with Crippen molar-refractivity contribution in [2.24, 2.45) is 0 Å². The smallest absolute Gasteiger partial charge is 0.233 e. The number of hydrogen-bond acceptors (Lipinski definition) is 6. The zero-order chi connectivity index (χ0) is 25.8. The second-order valence-electron chi connectivity index (χ2n) is 8.51. The van der Waals surface area contributed by atoms with Gasteiger partial charge in [-0.05, 0) is 35.4 Å². The SMILES string of the molecule is O=C(CC(=O)Cc1ccc(Oc2ccnc3cc(-c4cccc[n+]4[O-])sc23)c(F)c1)Cc1ccccc1. The molecule has 3 heterocycles. The monoisotopic (exact) mass is 512 g/mol. The van der Waals surface area contributed by atoms with Gasteiger partial charge in [0.15, 0.2) is 17.8 Å². The van der Waals surface area contributed by atoms with Gasteiger partial charge in [-0.2, -0.15) is 4.73 Å². The molecular weight excluding hydrogens is 491 g/mol. The van der Waals surface area contributed by atoms with Crippen molar-refractivity contribution < 1.29 is 23.4 Å². The van der Waals surface area contributed by atoms with Crippen LogP contribution in [0.3, 0.4) is 0 Å². The molecule has 6 nitrogen and oxygen atoms in total. The van der Waals surface area contributed by atoms with Crippen molar-refractivity contribution in [3.05, 3.63) is 113 Å². The Morgan fingerprint density at radius 1 is 0.892 bits per heavy atom. The van der Waals surface area contributed by atoms with E-state index in [9.17, 15) is 19.2 Å². The Hall–Kier alpha value is -4.43. The van der Waals surface area contributed by atoms with Crippen LogP contribution in [0.2, 0.25) is 0 Å². The van der Waals surface area contributed by atoms with Crippen molar-refractivity contribution in [3.8, 4) is 22.1 Å². The Kier molecular flexibility index (Phi) is 7.00. The summed E-state index contributed by atoms with van der Waals surface area (Å²) in [5.74, 6) is -0.663. The van der Waals surface area contributed by atoms with Crippen LogP contribution in [0.25, 0.3) is 20.8 Å². The number of halogens is 1. The fourth-order valence-corrected chi connectivity index (χ4v) is 5.07. The fourth-order valence-electron chi connectivity index (χ4n) is 3.99. The lowest BCUT2D eigenvalue weighted by molar-refractivity contribution is -0.593. The highest BCUT2D eigenvalue weighted by atomic mass is 32.1. The average Bonchev–Trinajstić information content (AvgIpc) is 3.31. The highest BCUT2D eigenvalue weighted by Crippen LogP contribution is 2.38. The maximum Gasteiger partial charge on any atom is 0.233 e. The van der Waals surface area contributed by atoms with E-state index in [-0.39, 0.29) is 36.6 Å². The minimum Gasteiger partial charge on any atom is -0.618 e. The molecule has 3 aromatic heterocycles. The number of rotatable bonds is 9. The number of carbonyl (C=O) groups is 2. The normalized spacial score (nSPS) is 10.9. The summed E-state index contributed by atoms with van der Waals surface area (Å²) < 4.78 is 22.2. The summed E-state index contributed by atoms with van der Waals surface area (Å²) in [6.07, 6.45) is 2.93. The molecule has 0 spiro atoms. The summed E-state index contributed by atoms with van der Waals surface area (Å²) >= 11 is 1.33. The molecule has 0 unspecified atom stereocenters. The Balaban J connectivity index is 1.28. The highest BCUT2D eigenvalue weighted by Gasteiger charge is 2.17. The minimum atomic E-state index is -0.622. The van der Waals surface area contributed by atoms with Crippen LogP contribution in [-0.4, -0.2) is 16.6 Å². The largest absolute Gasteiger partial charge is 0.618 e. The molecule has 0 bridgehead atoms. The van der Waals surface area contributed by atoms with Crippen molar-refractivity contribution in [1.29, 1.82) is 0 Å². The second-order valence-corrected chi connectivity index (χ2v) is 9.56. The maximum atomic E-state index is 14.9. The van der Waals surface area contributed by atoms with Crippen LogP contribution in [0.1, 0.15) is 17.5 Å². The zero-order valence-corrected chi connectivity index (χ0v) is 20.4. The van der Waals surface area contributed by atoms with Crippen LogP contribution in [0.15, 0.2) is 91.3 Å². The summed E-state index contributed by atoms with van der Waals surface area (Å²) in [5.41, 5.74) is 2.43. The summed E-state index contributed by atoms with van der Waals surface area (Å²) in [6.45, 7) is 0. The van der Waals surface area contributed by atoms with Crippen LogP contribution >= 0.6 is 11.3 Å². The van der Waals surface area contributed by atoms with Crippen molar-refractivity contribution in [2.45, 2.75) is 19.3 Å². The van der Waals surface area contributed by atoms with E-state index in [2.05, 4.69) is 4.98 Å². The first-order valence-electron chi connectivity index (χ1n) is 11.6. The Morgan fingerprint density at radius 3 is 2.41 bits per heavy atom. The molecule has 37 heavy (non-hydrogen) atoms. The van der Waals surface area contributed by atoms with Gasteiger partial charge in [-0.25, -0.2) is 4.39 Å². The van der Waals surface area contributed by atoms with Crippen LogP contribution < -0.4 is 9.47 Å². The van der Waals surface area contributed by atoms with Gasteiger partial charge in [0.1, 0.15) is 22.2 Å². The summed E-state index contributed by atoms with van der Waals surface area (Å²) in [5, 5.41) is 12.1. The van der Waals surface area contributed by atoms with E-state index < -0.39 is 5.82 Å². The quantitative estimate of drug-likeness (QED) is 0.141. The third kappa shape index (κ3) is 5.70. The molecule has 0 aliphatic heterocycles. The Bertz CT molecular complexity index is 1600. The van der Waals surface area contributed by atoms with E-state index in [1.807, 2.05) is 30.3 Å². The lowest BCUT2D eigenvalue weighted by atomic mass is 10.0. The molecule has 0 fully saturated rings. The number of hydrogen-bond donors (Lipinski definition) is 0. The van der Waals surface area contributed by atoms with Crippen molar-refractivity contribution in [2.75, 3.05) is 0 Å². The van der Waals surface area contributed by atoms with Gasteiger partial charge >= 0.3 is 0 Å². The molecule has 5 aromatic rings. The number of Topliss-reactive ketones (excluding diaryl/α,β-unsaturated/α-hetero) is 2. The summed E-state index contributed by atoms with van der Waals surface area (Å²) in [6, 6.07) is 22.1. The molecule has 0 radical (unpaired) electrons. The molecule has 0 saturated carbocycles. The third-order valence-corrected chi connectivity index (χ3v) is 6.87. The van der Waals surface area contributed by atoms with Crippen molar-refractivity contribution >= 4 is 33.1 Å². The summed E-state index contributed by atoms with van der Waals surface area (Å²) in [7, 11) is 0. The van der Waals surface area contributed by atoms with Crippen LogP contribution in [0.5, 0.6) is 11.5 Å². The second kappa shape index (κ2) is 10.7. The standard InChI is InChI=1S/C29H21FN2O4S/c30-23-16-20(15-22(34)17-21(33)14-19-6-2-1-3-7-19)9-10-26(23)36-27-11-12-31-24-18-28(37-29(24)27)25-8-4-5-13-32(25)35/h1-13,16,18H,14-15,17H2. The third-order valence-electron chi connectivity index (χ3n) is 5.71. The van der Waals surface area contributed by atoms with Crippen LogP contribution in [-0.2, 0) is 22.4 Å². The number of carbonyl (C=O) groups excluding carboxylic acids is 2. The summed E-state index contributed by atoms with van der Waals surface area (Å²) in [4.78, 5) is 29.7. The molecule has 0 saturated heterocycles. The molecule has 0 aliphatic carbocycles. The Morgan fingerprint density at radius 2 is 1.65 bits per heavy atom. The van der Waals surface area contributed by atoms with Gasteiger partial charge in [-0.3, -0.25) is 14.6 Å². The van der Waals surface area contributed by atoms with Crippen molar-refractivity contribution in [1.82, 2.24) is 4.98 Å². The number of benzene rings is 2. The topological polar surface area (TPSA) is 83.2 Å². The number of pyridine rings is 2. The first kappa shape index (κ1) is 24.3. The first-order chi connectivity index (χ1) is 18.0. The predicted molar refractivity (Wildman–Crippen MR) is 139 cm³/mol. The molecular formula is C29H21FN2O4S. The number of nitrogens with zero attached hydrogens (tertiary/aromatic N) is 2. The number of thiophene rings is 1. The number of ketones is 2. The molecule has 184 valence electrons. The van der Waals surface area contributed by atoms with Gasteiger partial charge in [0.25, 0.3) is 0 Å².